The van der Waals surface area contributed by atoms with E-state index in [0.29, 0.717) is 12.8 Å². The highest BCUT2D eigenvalue weighted by Gasteiger charge is 2.31. The van der Waals surface area contributed by atoms with Crippen molar-refractivity contribution in [2.24, 2.45) is 5.92 Å². The van der Waals surface area contributed by atoms with Crippen molar-refractivity contribution in [2.45, 2.75) is 45.3 Å². The van der Waals surface area contributed by atoms with E-state index in [4.69, 9.17) is 9.47 Å². The first-order valence-corrected chi connectivity index (χ1v) is 5.56. The van der Waals surface area contributed by atoms with Crippen molar-refractivity contribution in [2.75, 3.05) is 0 Å². The highest BCUT2D eigenvalue weighted by molar-refractivity contribution is 5.81. The largest absolute Gasteiger partial charge is 0.462 e. The summed E-state index contributed by atoms with van der Waals surface area (Å²) in [5.74, 6) is -0.593. The third kappa shape index (κ3) is 3.68. The average molecular weight is 226 g/mol. The molecule has 1 aliphatic rings. The van der Waals surface area contributed by atoms with Gasteiger partial charge in [0.1, 0.15) is 0 Å². The van der Waals surface area contributed by atoms with Crippen LogP contribution >= 0.6 is 0 Å². The Bertz CT molecular complexity index is 285. The first kappa shape index (κ1) is 12.7. The lowest BCUT2D eigenvalue weighted by Crippen LogP contribution is -2.16. The number of rotatable bonds is 5. The molecule has 1 fully saturated rings. The number of cyclic esters (lactones) is 1. The molecule has 4 nitrogen and oxygen atoms in total. The fourth-order valence-electron chi connectivity index (χ4n) is 1.82. The van der Waals surface area contributed by atoms with Crippen LogP contribution in [0.2, 0.25) is 0 Å². The van der Waals surface area contributed by atoms with Gasteiger partial charge in [-0.25, -0.2) is 4.79 Å². The van der Waals surface area contributed by atoms with Crippen molar-refractivity contribution < 1.29 is 19.1 Å². The zero-order valence-corrected chi connectivity index (χ0v) is 9.77. The van der Waals surface area contributed by atoms with Gasteiger partial charge in [0, 0.05) is 6.08 Å². The van der Waals surface area contributed by atoms with E-state index >= 15 is 0 Å². The number of ether oxygens (including phenoxy) is 2. The van der Waals surface area contributed by atoms with Gasteiger partial charge >= 0.3 is 11.9 Å². The number of carbonyl (C=O) groups excluding carboxylic acids is 2. The van der Waals surface area contributed by atoms with E-state index < -0.39 is 5.97 Å². The Morgan fingerprint density at radius 3 is 2.94 bits per heavy atom. The Hall–Kier alpha value is -1.32. The van der Waals surface area contributed by atoms with Crippen LogP contribution in [0.3, 0.4) is 0 Å². The van der Waals surface area contributed by atoms with Crippen molar-refractivity contribution in [3.63, 3.8) is 0 Å². The van der Waals surface area contributed by atoms with E-state index in [1.807, 2.05) is 13.8 Å². The molecule has 0 spiro atoms. The fourth-order valence-corrected chi connectivity index (χ4v) is 1.82. The average Bonchev–Trinajstić information content (AvgIpc) is 2.54. The molecule has 90 valence electrons. The van der Waals surface area contributed by atoms with Gasteiger partial charge in [-0.15, -0.1) is 0 Å². The van der Waals surface area contributed by atoms with Crippen LogP contribution in [0.4, 0.5) is 0 Å². The maximum Gasteiger partial charge on any atom is 0.330 e. The summed E-state index contributed by atoms with van der Waals surface area (Å²) in [5.41, 5.74) is 0. The van der Waals surface area contributed by atoms with Gasteiger partial charge in [0.15, 0.2) is 0 Å². The molecule has 16 heavy (non-hydrogen) atoms. The molecule has 0 saturated carbocycles. The van der Waals surface area contributed by atoms with Crippen molar-refractivity contribution >= 4 is 11.9 Å². The highest BCUT2D eigenvalue weighted by atomic mass is 16.6. The van der Waals surface area contributed by atoms with E-state index in [0.717, 1.165) is 12.5 Å². The molecule has 1 rings (SSSR count). The lowest BCUT2D eigenvalue weighted by atomic mass is 9.98. The van der Waals surface area contributed by atoms with Gasteiger partial charge in [0.2, 0.25) is 0 Å². The molecule has 3 atom stereocenters. The topological polar surface area (TPSA) is 52.6 Å². The van der Waals surface area contributed by atoms with Gasteiger partial charge in [-0.3, -0.25) is 4.79 Å². The van der Waals surface area contributed by atoms with Crippen LogP contribution in [0, 0.1) is 5.92 Å². The van der Waals surface area contributed by atoms with Gasteiger partial charge < -0.3 is 9.47 Å². The van der Waals surface area contributed by atoms with E-state index in [2.05, 4.69) is 6.58 Å². The SMILES string of the molecule is C=CC(=O)OC(C)CCC1CC(C)OC1=O. The van der Waals surface area contributed by atoms with Crippen LogP contribution in [-0.2, 0) is 19.1 Å². The summed E-state index contributed by atoms with van der Waals surface area (Å²) in [7, 11) is 0. The molecule has 0 N–H and O–H groups in total. The number of hydrogen-bond donors (Lipinski definition) is 0. The van der Waals surface area contributed by atoms with Crippen LogP contribution in [0.1, 0.15) is 33.1 Å². The highest BCUT2D eigenvalue weighted by Crippen LogP contribution is 2.25. The molecule has 1 heterocycles. The molecule has 0 aromatic carbocycles. The van der Waals surface area contributed by atoms with E-state index in [1.165, 1.54) is 0 Å². The molecular formula is C12H18O4. The molecule has 3 unspecified atom stereocenters. The van der Waals surface area contributed by atoms with Gasteiger partial charge in [0.25, 0.3) is 0 Å². The first-order chi connectivity index (χ1) is 7.52. The molecule has 0 aromatic heterocycles. The van der Waals surface area contributed by atoms with Gasteiger partial charge in [-0.2, -0.15) is 0 Å². The Labute approximate surface area is 95.6 Å². The minimum atomic E-state index is -0.421. The van der Waals surface area contributed by atoms with Crippen LogP contribution in [-0.4, -0.2) is 24.1 Å². The molecule has 1 aliphatic heterocycles. The van der Waals surface area contributed by atoms with E-state index in [-0.39, 0.29) is 24.1 Å². The second kappa shape index (κ2) is 5.68. The Morgan fingerprint density at radius 1 is 1.75 bits per heavy atom. The maximum absolute atomic E-state index is 11.3. The fraction of sp³-hybridized carbons (Fsp3) is 0.667. The van der Waals surface area contributed by atoms with E-state index in [1.54, 1.807) is 0 Å². The smallest absolute Gasteiger partial charge is 0.330 e. The Kier molecular flexibility index (Phi) is 4.52. The molecule has 4 heteroatoms. The maximum atomic E-state index is 11.3. The summed E-state index contributed by atoms with van der Waals surface area (Å²) >= 11 is 0. The van der Waals surface area contributed by atoms with Crippen LogP contribution in [0.25, 0.3) is 0 Å². The summed E-state index contributed by atoms with van der Waals surface area (Å²) in [4.78, 5) is 22.2. The lowest BCUT2D eigenvalue weighted by molar-refractivity contribution is -0.144. The monoisotopic (exact) mass is 226 g/mol. The van der Waals surface area contributed by atoms with Crippen molar-refractivity contribution in [3.8, 4) is 0 Å². The quantitative estimate of drug-likeness (QED) is 0.530. The number of esters is 2. The van der Waals surface area contributed by atoms with Gasteiger partial charge in [0.05, 0.1) is 18.1 Å². The lowest BCUT2D eigenvalue weighted by Gasteiger charge is -2.12. The standard InChI is InChI=1S/C12H18O4/c1-4-11(13)15-8(2)5-6-10-7-9(3)16-12(10)14/h4,8-10H,1,5-7H2,2-3H3. The van der Waals surface area contributed by atoms with Crippen LogP contribution < -0.4 is 0 Å². The Balaban J connectivity index is 2.26. The summed E-state index contributed by atoms with van der Waals surface area (Å²) in [6.07, 6.45) is 3.11. The molecule has 0 radical (unpaired) electrons. The number of hydrogen-bond acceptors (Lipinski definition) is 4. The van der Waals surface area contributed by atoms with Gasteiger partial charge in [-0.1, -0.05) is 6.58 Å². The third-order valence-electron chi connectivity index (χ3n) is 2.67. The van der Waals surface area contributed by atoms with Crippen molar-refractivity contribution in [1.29, 1.82) is 0 Å². The number of carbonyl (C=O) groups is 2. The minimum Gasteiger partial charge on any atom is -0.462 e. The minimum absolute atomic E-state index is 0.0172. The third-order valence-corrected chi connectivity index (χ3v) is 2.67. The van der Waals surface area contributed by atoms with Crippen molar-refractivity contribution in [3.05, 3.63) is 12.7 Å². The summed E-state index contributed by atoms with van der Waals surface area (Å²) in [5, 5.41) is 0. The second-order valence-electron chi connectivity index (χ2n) is 4.21. The first-order valence-electron chi connectivity index (χ1n) is 5.56. The van der Waals surface area contributed by atoms with Crippen molar-refractivity contribution in [1.82, 2.24) is 0 Å². The zero-order chi connectivity index (χ0) is 12.1. The predicted octanol–water partition coefficient (Wildman–Crippen LogP) is 1.84. The summed E-state index contributed by atoms with van der Waals surface area (Å²) in [6.45, 7) is 7.02. The van der Waals surface area contributed by atoms with Crippen LogP contribution in [0.5, 0.6) is 0 Å². The molecule has 0 aliphatic carbocycles. The van der Waals surface area contributed by atoms with Gasteiger partial charge in [-0.05, 0) is 33.1 Å². The normalized spacial score (nSPS) is 26.0. The molecular weight excluding hydrogens is 208 g/mol. The molecule has 1 saturated heterocycles. The molecule has 0 aromatic rings. The predicted molar refractivity (Wildman–Crippen MR) is 58.6 cm³/mol. The van der Waals surface area contributed by atoms with Crippen LogP contribution in [0.15, 0.2) is 12.7 Å². The molecule has 0 amide bonds. The second-order valence-corrected chi connectivity index (χ2v) is 4.21. The molecule has 0 bridgehead atoms. The zero-order valence-electron chi connectivity index (χ0n) is 9.77. The summed E-state index contributed by atoms with van der Waals surface area (Å²) in [6, 6.07) is 0. The van der Waals surface area contributed by atoms with E-state index in [9.17, 15) is 9.59 Å². The summed E-state index contributed by atoms with van der Waals surface area (Å²) < 4.78 is 10.1. The Morgan fingerprint density at radius 2 is 2.44 bits per heavy atom.